The third-order valence-corrected chi connectivity index (χ3v) is 2.33. The van der Waals surface area contributed by atoms with E-state index in [0.29, 0.717) is 18.4 Å². The molecule has 1 atom stereocenters. The van der Waals surface area contributed by atoms with Gasteiger partial charge in [0.05, 0.1) is 0 Å². The second kappa shape index (κ2) is 7.49. The SMILES string of the molecule is CC(CCC(C)(C)C)NC(=O)NCCCO. The van der Waals surface area contributed by atoms with Crippen LogP contribution in [0.5, 0.6) is 0 Å². The van der Waals surface area contributed by atoms with E-state index in [4.69, 9.17) is 5.11 Å². The van der Waals surface area contributed by atoms with Crippen LogP contribution in [0.3, 0.4) is 0 Å². The van der Waals surface area contributed by atoms with Crippen molar-refractivity contribution in [3.05, 3.63) is 0 Å². The van der Waals surface area contributed by atoms with Crippen LogP contribution in [-0.4, -0.2) is 30.3 Å². The topological polar surface area (TPSA) is 61.4 Å². The molecule has 1 unspecified atom stereocenters. The summed E-state index contributed by atoms with van der Waals surface area (Å²) in [6, 6.07) is 0.0446. The highest BCUT2D eigenvalue weighted by molar-refractivity contribution is 5.74. The molecule has 0 bridgehead atoms. The van der Waals surface area contributed by atoms with Crippen molar-refractivity contribution in [2.24, 2.45) is 5.41 Å². The average Bonchev–Trinajstić information content (AvgIpc) is 2.14. The van der Waals surface area contributed by atoms with E-state index in [-0.39, 0.29) is 18.7 Å². The quantitative estimate of drug-likeness (QED) is 0.610. The molecule has 0 aliphatic carbocycles. The molecule has 4 heteroatoms. The van der Waals surface area contributed by atoms with E-state index in [1.807, 2.05) is 6.92 Å². The number of amides is 2. The molecule has 0 saturated heterocycles. The lowest BCUT2D eigenvalue weighted by atomic mass is 9.89. The van der Waals surface area contributed by atoms with E-state index in [2.05, 4.69) is 31.4 Å². The van der Waals surface area contributed by atoms with Gasteiger partial charge >= 0.3 is 6.03 Å². The van der Waals surface area contributed by atoms with Crippen LogP contribution in [0.25, 0.3) is 0 Å². The summed E-state index contributed by atoms with van der Waals surface area (Å²) in [6.07, 6.45) is 2.67. The number of hydrogen-bond acceptors (Lipinski definition) is 2. The maximum atomic E-state index is 11.3. The fourth-order valence-corrected chi connectivity index (χ4v) is 1.28. The number of carbonyl (C=O) groups is 1. The highest BCUT2D eigenvalue weighted by atomic mass is 16.3. The van der Waals surface area contributed by atoms with Crippen molar-refractivity contribution in [3.8, 4) is 0 Å². The number of aliphatic hydroxyl groups is 1. The summed E-state index contributed by atoms with van der Waals surface area (Å²) in [7, 11) is 0. The minimum atomic E-state index is -0.144. The van der Waals surface area contributed by atoms with E-state index in [9.17, 15) is 4.79 Å². The van der Waals surface area contributed by atoms with Crippen LogP contribution in [0.4, 0.5) is 4.79 Å². The van der Waals surface area contributed by atoms with E-state index in [1.165, 1.54) is 0 Å². The molecule has 0 saturated carbocycles. The Morgan fingerprint density at radius 3 is 2.50 bits per heavy atom. The molecule has 3 N–H and O–H groups in total. The summed E-state index contributed by atoms with van der Waals surface area (Å²) in [5.41, 5.74) is 0.309. The summed E-state index contributed by atoms with van der Waals surface area (Å²) in [5, 5.41) is 14.1. The largest absolute Gasteiger partial charge is 0.396 e. The normalized spacial score (nSPS) is 13.3. The van der Waals surface area contributed by atoms with Gasteiger partial charge in [-0.3, -0.25) is 0 Å². The maximum absolute atomic E-state index is 11.3. The monoisotopic (exact) mass is 230 g/mol. The van der Waals surface area contributed by atoms with Gasteiger partial charge in [0, 0.05) is 19.2 Å². The highest BCUT2D eigenvalue weighted by Gasteiger charge is 2.13. The van der Waals surface area contributed by atoms with Crippen LogP contribution >= 0.6 is 0 Å². The Balaban J connectivity index is 3.62. The predicted molar refractivity (Wildman–Crippen MR) is 66.4 cm³/mol. The zero-order valence-corrected chi connectivity index (χ0v) is 11.0. The molecule has 4 nitrogen and oxygen atoms in total. The Labute approximate surface area is 98.8 Å². The molecule has 0 aromatic carbocycles. The van der Waals surface area contributed by atoms with Crippen LogP contribution in [0.1, 0.15) is 47.0 Å². The van der Waals surface area contributed by atoms with Gasteiger partial charge in [0.2, 0.25) is 0 Å². The average molecular weight is 230 g/mol. The van der Waals surface area contributed by atoms with Gasteiger partial charge in [-0.15, -0.1) is 0 Å². The van der Waals surface area contributed by atoms with Crippen molar-refractivity contribution in [1.29, 1.82) is 0 Å². The number of urea groups is 1. The minimum Gasteiger partial charge on any atom is -0.396 e. The predicted octanol–water partition coefficient (Wildman–Crippen LogP) is 1.88. The van der Waals surface area contributed by atoms with Crippen LogP contribution in [-0.2, 0) is 0 Å². The fraction of sp³-hybridized carbons (Fsp3) is 0.917. The first-order valence-electron chi connectivity index (χ1n) is 6.00. The fourth-order valence-electron chi connectivity index (χ4n) is 1.28. The molecule has 0 aromatic rings. The molecule has 0 spiro atoms. The second-order valence-corrected chi connectivity index (χ2v) is 5.48. The third kappa shape index (κ3) is 9.77. The Morgan fingerprint density at radius 1 is 1.38 bits per heavy atom. The Bertz CT molecular complexity index is 200. The van der Waals surface area contributed by atoms with Gasteiger partial charge in [-0.2, -0.15) is 0 Å². The summed E-state index contributed by atoms with van der Waals surface area (Å²) < 4.78 is 0. The van der Waals surface area contributed by atoms with Crippen molar-refractivity contribution in [2.75, 3.05) is 13.2 Å². The first-order chi connectivity index (χ1) is 7.35. The number of aliphatic hydroxyl groups excluding tert-OH is 1. The molecule has 0 aliphatic rings. The van der Waals surface area contributed by atoms with Crippen molar-refractivity contribution in [1.82, 2.24) is 10.6 Å². The molecule has 2 amide bonds. The van der Waals surface area contributed by atoms with Crippen molar-refractivity contribution < 1.29 is 9.90 Å². The molecule has 0 heterocycles. The standard InChI is InChI=1S/C12H26N2O2/c1-10(6-7-12(2,3)4)14-11(16)13-8-5-9-15/h10,15H,5-9H2,1-4H3,(H2,13,14,16). The van der Waals surface area contributed by atoms with Crippen LogP contribution < -0.4 is 10.6 Å². The maximum Gasteiger partial charge on any atom is 0.314 e. The van der Waals surface area contributed by atoms with Gasteiger partial charge in [-0.1, -0.05) is 20.8 Å². The zero-order valence-electron chi connectivity index (χ0n) is 11.0. The zero-order chi connectivity index (χ0) is 12.6. The smallest absolute Gasteiger partial charge is 0.314 e. The van der Waals surface area contributed by atoms with Gasteiger partial charge in [0.15, 0.2) is 0 Å². The second-order valence-electron chi connectivity index (χ2n) is 5.48. The highest BCUT2D eigenvalue weighted by Crippen LogP contribution is 2.21. The molecular weight excluding hydrogens is 204 g/mol. The van der Waals surface area contributed by atoms with Crippen LogP contribution in [0.2, 0.25) is 0 Å². The molecule has 96 valence electrons. The van der Waals surface area contributed by atoms with Gasteiger partial charge in [-0.25, -0.2) is 4.79 Å². The van der Waals surface area contributed by atoms with E-state index >= 15 is 0 Å². The lowest BCUT2D eigenvalue weighted by Gasteiger charge is -2.21. The number of carbonyl (C=O) groups excluding carboxylic acids is 1. The number of nitrogens with one attached hydrogen (secondary N) is 2. The van der Waals surface area contributed by atoms with E-state index < -0.39 is 0 Å². The summed E-state index contributed by atoms with van der Waals surface area (Å²) in [5.74, 6) is 0. The Hall–Kier alpha value is -0.770. The minimum absolute atomic E-state index is 0.111. The Morgan fingerprint density at radius 2 is 2.00 bits per heavy atom. The molecule has 0 aliphatic heterocycles. The first kappa shape index (κ1) is 15.2. The van der Waals surface area contributed by atoms with Crippen molar-refractivity contribution >= 4 is 6.03 Å². The lowest BCUT2D eigenvalue weighted by molar-refractivity contribution is 0.232. The van der Waals surface area contributed by atoms with Gasteiger partial charge in [0.1, 0.15) is 0 Å². The van der Waals surface area contributed by atoms with E-state index in [1.54, 1.807) is 0 Å². The summed E-state index contributed by atoms with van der Waals surface area (Å²) in [6.45, 7) is 9.23. The summed E-state index contributed by atoms with van der Waals surface area (Å²) in [4.78, 5) is 11.3. The van der Waals surface area contributed by atoms with Gasteiger partial charge in [-0.05, 0) is 31.6 Å². The van der Waals surface area contributed by atoms with Crippen LogP contribution in [0.15, 0.2) is 0 Å². The van der Waals surface area contributed by atoms with Gasteiger partial charge in [0.25, 0.3) is 0 Å². The molecule has 0 rings (SSSR count). The number of hydrogen-bond donors (Lipinski definition) is 3. The summed E-state index contributed by atoms with van der Waals surface area (Å²) >= 11 is 0. The molecular formula is C12H26N2O2. The van der Waals surface area contributed by atoms with Crippen LogP contribution in [0, 0.1) is 5.41 Å². The lowest BCUT2D eigenvalue weighted by Crippen LogP contribution is -2.41. The van der Waals surface area contributed by atoms with E-state index in [0.717, 1.165) is 12.8 Å². The Kier molecular flexibility index (Phi) is 7.13. The van der Waals surface area contributed by atoms with Crippen molar-refractivity contribution in [3.63, 3.8) is 0 Å². The van der Waals surface area contributed by atoms with Gasteiger partial charge < -0.3 is 15.7 Å². The number of rotatable bonds is 6. The first-order valence-corrected chi connectivity index (χ1v) is 6.00. The molecule has 0 aromatic heterocycles. The molecule has 0 radical (unpaired) electrons. The molecule has 0 fully saturated rings. The van der Waals surface area contributed by atoms with Crippen molar-refractivity contribution in [2.45, 2.75) is 53.0 Å². The third-order valence-electron chi connectivity index (χ3n) is 2.33. The molecule has 16 heavy (non-hydrogen) atoms.